The molecule has 0 unspecified atom stereocenters. The second-order valence-electron chi connectivity index (χ2n) is 6.51. The highest BCUT2D eigenvalue weighted by Crippen LogP contribution is 2.45. The third kappa shape index (κ3) is 2.25. The van der Waals surface area contributed by atoms with Crippen molar-refractivity contribution in [2.45, 2.75) is 30.7 Å². The first-order valence-corrected chi connectivity index (χ1v) is 8.40. The van der Waals surface area contributed by atoms with Gasteiger partial charge in [0.2, 0.25) is 0 Å². The first-order chi connectivity index (χ1) is 11.7. The van der Waals surface area contributed by atoms with Crippen LogP contribution in [0.1, 0.15) is 40.2 Å². The van der Waals surface area contributed by atoms with Crippen LogP contribution in [0.4, 0.5) is 0 Å². The van der Waals surface area contributed by atoms with Gasteiger partial charge >= 0.3 is 0 Å². The molecule has 0 radical (unpaired) electrons. The minimum absolute atomic E-state index is 0.00191. The average Bonchev–Trinajstić information content (AvgIpc) is 3.00. The molecule has 1 heterocycles. The third-order valence-electron chi connectivity index (χ3n) is 5.27. The Labute approximate surface area is 141 Å². The molecule has 0 amide bonds. The van der Waals surface area contributed by atoms with Crippen LogP contribution in [0.3, 0.4) is 0 Å². The van der Waals surface area contributed by atoms with E-state index in [1.54, 1.807) is 7.11 Å². The van der Waals surface area contributed by atoms with E-state index in [-0.39, 0.29) is 11.7 Å². The summed E-state index contributed by atoms with van der Waals surface area (Å²) in [5.74, 6) is 0.942. The molecule has 0 aromatic heterocycles. The Bertz CT molecular complexity index is 798. The van der Waals surface area contributed by atoms with Gasteiger partial charge in [-0.05, 0) is 42.5 Å². The standard InChI is InChI=1S/C20H20N2O2/c1-24-16-10-8-15(9-11-16)18-13-21-22-20(18)12-4-6-14-5-2-3-7-17(14)19(20)23/h2-3,5,7-11,18H,4,6,12-13H2,1H3/t18-,20+/m0/s1. The minimum atomic E-state index is -0.749. The van der Waals surface area contributed by atoms with Crippen molar-refractivity contribution in [3.8, 4) is 5.75 Å². The van der Waals surface area contributed by atoms with Gasteiger partial charge in [-0.15, -0.1) is 0 Å². The second-order valence-corrected chi connectivity index (χ2v) is 6.51. The normalized spacial score (nSPS) is 25.5. The van der Waals surface area contributed by atoms with Crippen molar-refractivity contribution in [2.75, 3.05) is 13.7 Å². The van der Waals surface area contributed by atoms with Crippen molar-refractivity contribution in [3.63, 3.8) is 0 Å². The van der Waals surface area contributed by atoms with Gasteiger partial charge in [0.05, 0.1) is 13.7 Å². The van der Waals surface area contributed by atoms with Crippen molar-refractivity contribution in [1.82, 2.24) is 0 Å². The van der Waals surface area contributed by atoms with Gasteiger partial charge in [-0.1, -0.05) is 36.4 Å². The van der Waals surface area contributed by atoms with Crippen LogP contribution >= 0.6 is 0 Å². The summed E-state index contributed by atoms with van der Waals surface area (Å²) in [5, 5.41) is 8.81. The van der Waals surface area contributed by atoms with E-state index in [0.717, 1.165) is 41.7 Å². The van der Waals surface area contributed by atoms with Crippen LogP contribution < -0.4 is 4.74 Å². The predicted molar refractivity (Wildman–Crippen MR) is 91.9 cm³/mol. The lowest BCUT2D eigenvalue weighted by molar-refractivity contribution is 0.0870. The van der Waals surface area contributed by atoms with Crippen LogP contribution in [0, 0.1) is 0 Å². The van der Waals surface area contributed by atoms with Crippen LogP contribution in [0.25, 0.3) is 0 Å². The number of rotatable bonds is 2. The number of fused-ring (bicyclic) bond motifs is 1. The quantitative estimate of drug-likeness (QED) is 0.832. The number of benzene rings is 2. The highest BCUT2D eigenvalue weighted by molar-refractivity contribution is 6.05. The number of ketones is 1. The Kier molecular flexibility index (Phi) is 3.68. The molecule has 4 heteroatoms. The first kappa shape index (κ1) is 15.1. The molecule has 0 fully saturated rings. The molecule has 24 heavy (non-hydrogen) atoms. The maximum absolute atomic E-state index is 13.4. The molecule has 1 aliphatic heterocycles. The van der Waals surface area contributed by atoms with Gasteiger partial charge in [-0.3, -0.25) is 4.79 Å². The molecule has 2 aromatic rings. The van der Waals surface area contributed by atoms with Gasteiger partial charge in [0.25, 0.3) is 0 Å². The fourth-order valence-electron chi connectivity index (χ4n) is 3.97. The van der Waals surface area contributed by atoms with Gasteiger partial charge in [-0.25, -0.2) is 0 Å². The first-order valence-electron chi connectivity index (χ1n) is 8.40. The monoisotopic (exact) mass is 320 g/mol. The number of hydrogen-bond donors (Lipinski definition) is 0. The summed E-state index contributed by atoms with van der Waals surface area (Å²) < 4.78 is 5.24. The molecule has 0 saturated heterocycles. The largest absolute Gasteiger partial charge is 0.497 e. The van der Waals surface area contributed by atoms with Crippen molar-refractivity contribution < 1.29 is 9.53 Å². The fraction of sp³-hybridized carbons (Fsp3) is 0.350. The second kappa shape index (κ2) is 5.86. The zero-order valence-corrected chi connectivity index (χ0v) is 13.7. The maximum Gasteiger partial charge on any atom is 0.193 e. The van der Waals surface area contributed by atoms with Crippen LogP contribution in [0.15, 0.2) is 58.8 Å². The summed E-state index contributed by atoms with van der Waals surface area (Å²) in [5.41, 5.74) is 2.30. The molecule has 2 aliphatic rings. The molecule has 122 valence electrons. The highest BCUT2D eigenvalue weighted by Gasteiger charge is 2.50. The Morgan fingerprint density at radius 1 is 1.12 bits per heavy atom. The summed E-state index contributed by atoms with van der Waals surface area (Å²) in [4.78, 5) is 13.4. The maximum atomic E-state index is 13.4. The van der Waals surface area contributed by atoms with Crippen LogP contribution in [0.5, 0.6) is 5.75 Å². The van der Waals surface area contributed by atoms with Gasteiger partial charge in [0, 0.05) is 11.5 Å². The van der Waals surface area contributed by atoms with Crippen LogP contribution in [-0.2, 0) is 6.42 Å². The summed E-state index contributed by atoms with van der Waals surface area (Å²) in [6, 6.07) is 15.9. The van der Waals surface area contributed by atoms with E-state index in [1.165, 1.54) is 0 Å². The topological polar surface area (TPSA) is 51.0 Å². The number of hydrogen-bond acceptors (Lipinski definition) is 4. The molecule has 2 aromatic carbocycles. The number of carbonyl (C=O) groups excluding carboxylic acids is 1. The summed E-state index contributed by atoms with van der Waals surface area (Å²) >= 11 is 0. The molecule has 1 aliphatic carbocycles. The van der Waals surface area contributed by atoms with Gasteiger partial charge in [0.15, 0.2) is 11.3 Å². The molecular weight excluding hydrogens is 300 g/mol. The summed E-state index contributed by atoms with van der Waals surface area (Å²) in [7, 11) is 1.66. The van der Waals surface area contributed by atoms with Gasteiger partial charge in [0.1, 0.15) is 5.75 Å². The molecule has 2 atom stereocenters. The lowest BCUT2D eigenvalue weighted by atomic mass is 9.74. The van der Waals surface area contributed by atoms with E-state index in [2.05, 4.69) is 16.3 Å². The number of carbonyl (C=O) groups is 1. The SMILES string of the molecule is COc1ccc([C@@H]2CN=N[C@]23CCCc2ccccc2C3=O)cc1. The van der Waals surface area contributed by atoms with E-state index in [4.69, 9.17) is 4.74 Å². The number of ether oxygens (including phenoxy) is 1. The zero-order chi connectivity index (χ0) is 16.6. The van der Waals surface area contributed by atoms with E-state index in [9.17, 15) is 4.79 Å². The van der Waals surface area contributed by atoms with E-state index < -0.39 is 5.54 Å². The van der Waals surface area contributed by atoms with Crippen LogP contribution in [-0.4, -0.2) is 25.0 Å². The van der Waals surface area contributed by atoms with E-state index in [1.807, 2.05) is 42.5 Å². The molecule has 1 spiro atoms. The highest BCUT2D eigenvalue weighted by atomic mass is 16.5. The number of methoxy groups -OCH3 is 1. The Hall–Kier alpha value is -2.49. The van der Waals surface area contributed by atoms with Crippen molar-refractivity contribution in [3.05, 3.63) is 65.2 Å². The van der Waals surface area contributed by atoms with Crippen molar-refractivity contribution in [2.24, 2.45) is 10.2 Å². The zero-order valence-electron chi connectivity index (χ0n) is 13.7. The fourth-order valence-corrected chi connectivity index (χ4v) is 3.97. The number of aryl methyl sites for hydroxylation is 1. The summed E-state index contributed by atoms with van der Waals surface area (Å²) in [6.07, 6.45) is 2.63. The Balaban J connectivity index is 1.77. The smallest absolute Gasteiger partial charge is 0.193 e. The number of azo groups is 1. The molecule has 4 nitrogen and oxygen atoms in total. The van der Waals surface area contributed by atoms with Crippen molar-refractivity contribution >= 4 is 5.78 Å². The molecule has 0 saturated carbocycles. The van der Waals surface area contributed by atoms with Gasteiger partial charge < -0.3 is 4.74 Å². The Morgan fingerprint density at radius 3 is 2.71 bits per heavy atom. The predicted octanol–water partition coefficient (Wildman–Crippen LogP) is 4.20. The molecule has 4 rings (SSSR count). The number of nitrogens with zero attached hydrogens (tertiary/aromatic N) is 2. The number of Topliss-reactive ketones (excluding diaryl/α,β-unsaturated/α-hetero) is 1. The molecule has 0 N–H and O–H groups in total. The molecule has 0 bridgehead atoms. The van der Waals surface area contributed by atoms with E-state index >= 15 is 0 Å². The minimum Gasteiger partial charge on any atom is -0.497 e. The van der Waals surface area contributed by atoms with Crippen molar-refractivity contribution in [1.29, 1.82) is 0 Å². The average molecular weight is 320 g/mol. The lowest BCUT2D eigenvalue weighted by Crippen LogP contribution is -2.40. The van der Waals surface area contributed by atoms with Crippen LogP contribution in [0.2, 0.25) is 0 Å². The third-order valence-corrected chi connectivity index (χ3v) is 5.27. The van der Waals surface area contributed by atoms with E-state index in [0.29, 0.717) is 6.54 Å². The Morgan fingerprint density at radius 2 is 1.92 bits per heavy atom. The summed E-state index contributed by atoms with van der Waals surface area (Å²) in [6.45, 7) is 0.570. The molecular formula is C20H20N2O2. The lowest BCUT2D eigenvalue weighted by Gasteiger charge is -2.29. The van der Waals surface area contributed by atoms with Gasteiger partial charge in [-0.2, -0.15) is 10.2 Å².